The number of unbranched alkanes of at least 4 members (excludes halogenated alkanes) is 1. The number of carbonyl (C=O) groups is 1. The first-order valence-electron chi connectivity index (χ1n) is 10.6. The van der Waals surface area contributed by atoms with Gasteiger partial charge in [-0.15, -0.1) is 0 Å². The van der Waals surface area contributed by atoms with Gasteiger partial charge < -0.3 is 15.0 Å². The molecule has 0 atom stereocenters. The van der Waals surface area contributed by atoms with E-state index in [-0.39, 0.29) is 5.91 Å². The molecular weight excluding hydrogens is 378 g/mol. The summed E-state index contributed by atoms with van der Waals surface area (Å²) in [6, 6.07) is 16.0. The van der Waals surface area contributed by atoms with Crippen LogP contribution in [0.2, 0.25) is 0 Å². The molecule has 158 valence electrons. The van der Waals surface area contributed by atoms with Crippen LogP contribution in [0.5, 0.6) is 5.75 Å². The number of aromatic amines is 1. The quantitative estimate of drug-likeness (QED) is 0.562. The minimum atomic E-state index is -0.111. The van der Waals surface area contributed by atoms with Crippen molar-refractivity contribution in [1.82, 2.24) is 20.4 Å². The van der Waals surface area contributed by atoms with Crippen LogP contribution >= 0.6 is 0 Å². The van der Waals surface area contributed by atoms with Gasteiger partial charge in [0.1, 0.15) is 5.75 Å². The Bertz CT molecular complexity index is 961. The zero-order valence-corrected chi connectivity index (χ0v) is 17.4. The molecule has 1 aromatic heterocycles. The molecule has 1 aliphatic rings. The van der Waals surface area contributed by atoms with Crippen molar-refractivity contribution in [2.24, 2.45) is 0 Å². The molecule has 2 N–H and O–H groups in total. The van der Waals surface area contributed by atoms with Crippen molar-refractivity contribution >= 4 is 22.5 Å². The Hall–Kier alpha value is -3.06. The average Bonchev–Trinajstić information content (AvgIpc) is 3.23. The monoisotopic (exact) mass is 407 g/mol. The van der Waals surface area contributed by atoms with Gasteiger partial charge in [0, 0.05) is 43.8 Å². The standard InChI is InChI=1S/C23H29N5O2/c1-30-19-10-8-18(9-11-19)28-16-14-27(15-17-28)13-5-4-12-24-23(29)22-20-6-2-3-7-21(20)25-26-22/h2-3,6-11H,4-5,12-17H2,1H3,(H,24,29)(H,25,26). The van der Waals surface area contributed by atoms with Gasteiger partial charge in [0.25, 0.3) is 5.91 Å². The summed E-state index contributed by atoms with van der Waals surface area (Å²) in [5.74, 6) is 0.783. The lowest BCUT2D eigenvalue weighted by atomic mass is 10.2. The number of hydrogen-bond acceptors (Lipinski definition) is 5. The fraction of sp³-hybridized carbons (Fsp3) is 0.391. The number of H-pyrrole nitrogens is 1. The van der Waals surface area contributed by atoms with E-state index in [1.165, 1.54) is 5.69 Å². The van der Waals surface area contributed by atoms with Crippen molar-refractivity contribution < 1.29 is 9.53 Å². The molecule has 2 heterocycles. The number of fused-ring (bicyclic) bond motifs is 1. The van der Waals surface area contributed by atoms with Gasteiger partial charge in [0.2, 0.25) is 0 Å². The van der Waals surface area contributed by atoms with Gasteiger partial charge in [0.15, 0.2) is 5.69 Å². The molecule has 1 fully saturated rings. The highest BCUT2D eigenvalue weighted by Gasteiger charge is 2.17. The summed E-state index contributed by atoms with van der Waals surface area (Å²) >= 11 is 0. The Morgan fingerprint density at radius 1 is 1.07 bits per heavy atom. The molecule has 7 nitrogen and oxygen atoms in total. The topological polar surface area (TPSA) is 73.5 Å². The summed E-state index contributed by atoms with van der Waals surface area (Å²) < 4.78 is 5.23. The van der Waals surface area contributed by atoms with E-state index in [4.69, 9.17) is 4.74 Å². The van der Waals surface area contributed by atoms with E-state index in [0.29, 0.717) is 12.2 Å². The molecule has 0 aliphatic carbocycles. The Morgan fingerprint density at radius 3 is 2.60 bits per heavy atom. The number of amides is 1. The lowest BCUT2D eigenvalue weighted by Gasteiger charge is -2.36. The SMILES string of the molecule is COc1ccc(N2CCN(CCCCNC(=O)c3n[nH]c4ccccc34)CC2)cc1. The van der Waals surface area contributed by atoms with Crippen molar-refractivity contribution in [3.05, 3.63) is 54.2 Å². The van der Waals surface area contributed by atoms with Crippen molar-refractivity contribution in [3.63, 3.8) is 0 Å². The molecule has 1 saturated heterocycles. The van der Waals surface area contributed by atoms with Gasteiger partial charge in [-0.05, 0) is 49.7 Å². The number of rotatable bonds is 8. The van der Waals surface area contributed by atoms with E-state index in [9.17, 15) is 4.79 Å². The number of methoxy groups -OCH3 is 1. The van der Waals surface area contributed by atoms with Crippen molar-refractivity contribution in [1.29, 1.82) is 0 Å². The van der Waals surface area contributed by atoms with Gasteiger partial charge in [-0.3, -0.25) is 14.8 Å². The largest absolute Gasteiger partial charge is 0.497 e. The maximum absolute atomic E-state index is 12.4. The highest BCUT2D eigenvalue weighted by atomic mass is 16.5. The van der Waals surface area contributed by atoms with Gasteiger partial charge >= 0.3 is 0 Å². The third-order valence-electron chi connectivity index (χ3n) is 5.68. The number of piperazine rings is 1. The number of aromatic nitrogens is 2. The third kappa shape index (κ3) is 4.74. The fourth-order valence-corrected chi connectivity index (χ4v) is 3.91. The lowest BCUT2D eigenvalue weighted by Crippen LogP contribution is -2.46. The summed E-state index contributed by atoms with van der Waals surface area (Å²) in [7, 11) is 1.69. The van der Waals surface area contributed by atoms with Crippen LogP contribution in [0.3, 0.4) is 0 Å². The van der Waals surface area contributed by atoms with Crippen LogP contribution < -0.4 is 15.0 Å². The minimum absolute atomic E-state index is 0.111. The molecule has 3 aromatic rings. The van der Waals surface area contributed by atoms with E-state index in [1.807, 2.05) is 36.4 Å². The Balaban J connectivity index is 1.14. The van der Waals surface area contributed by atoms with Crippen LogP contribution in [0.25, 0.3) is 10.9 Å². The number of nitrogens with zero attached hydrogens (tertiary/aromatic N) is 3. The van der Waals surface area contributed by atoms with Gasteiger partial charge in [-0.2, -0.15) is 5.10 Å². The third-order valence-corrected chi connectivity index (χ3v) is 5.68. The molecule has 30 heavy (non-hydrogen) atoms. The predicted octanol–water partition coefficient (Wildman–Crippen LogP) is 2.90. The molecule has 0 bridgehead atoms. The Kier molecular flexibility index (Phi) is 6.49. The van der Waals surface area contributed by atoms with Gasteiger partial charge in [-0.1, -0.05) is 18.2 Å². The second-order valence-corrected chi connectivity index (χ2v) is 7.61. The number of benzene rings is 2. The molecule has 4 rings (SSSR count). The van der Waals surface area contributed by atoms with Crippen molar-refractivity contribution in [2.75, 3.05) is 51.3 Å². The zero-order chi connectivity index (χ0) is 20.8. The van der Waals surface area contributed by atoms with E-state index < -0.39 is 0 Å². The van der Waals surface area contributed by atoms with Crippen LogP contribution in [-0.2, 0) is 0 Å². The highest BCUT2D eigenvalue weighted by molar-refractivity contribution is 6.04. The number of para-hydroxylation sites is 1. The van der Waals surface area contributed by atoms with E-state index in [0.717, 1.165) is 62.2 Å². The second-order valence-electron chi connectivity index (χ2n) is 7.61. The number of anilines is 1. The van der Waals surface area contributed by atoms with Gasteiger partial charge in [-0.25, -0.2) is 0 Å². The maximum Gasteiger partial charge on any atom is 0.272 e. The van der Waals surface area contributed by atoms with Crippen LogP contribution in [0.1, 0.15) is 23.3 Å². The molecule has 1 aliphatic heterocycles. The molecule has 0 radical (unpaired) electrons. The highest BCUT2D eigenvalue weighted by Crippen LogP contribution is 2.20. The summed E-state index contributed by atoms with van der Waals surface area (Å²) in [4.78, 5) is 17.3. The van der Waals surface area contributed by atoms with Crippen molar-refractivity contribution in [3.8, 4) is 5.75 Å². The summed E-state index contributed by atoms with van der Waals surface area (Å²) in [5.41, 5.74) is 2.61. The average molecular weight is 408 g/mol. The van der Waals surface area contributed by atoms with Crippen LogP contribution in [0.4, 0.5) is 5.69 Å². The van der Waals surface area contributed by atoms with Crippen LogP contribution in [-0.4, -0.2) is 67.4 Å². The first-order valence-corrected chi connectivity index (χ1v) is 10.6. The zero-order valence-electron chi connectivity index (χ0n) is 17.4. The smallest absolute Gasteiger partial charge is 0.272 e. The van der Waals surface area contributed by atoms with Crippen LogP contribution in [0.15, 0.2) is 48.5 Å². The summed E-state index contributed by atoms with van der Waals surface area (Å²) in [6.07, 6.45) is 2.04. The maximum atomic E-state index is 12.4. The fourth-order valence-electron chi connectivity index (χ4n) is 3.91. The van der Waals surface area contributed by atoms with E-state index >= 15 is 0 Å². The first kappa shape index (κ1) is 20.2. The van der Waals surface area contributed by atoms with Crippen LogP contribution in [0, 0.1) is 0 Å². The molecule has 1 amide bonds. The summed E-state index contributed by atoms with van der Waals surface area (Å²) in [6.45, 7) is 5.95. The van der Waals surface area contributed by atoms with E-state index in [1.54, 1.807) is 7.11 Å². The molecule has 0 spiro atoms. The summed E-state index contributed by atoms with van der Waals surface area (Å²) in [5, 5.41) is 10.9. The molecular formula is C23H29N5O2. The molecule has 7 heteroatoms. The van der Waals surface area contributed by atoms with E-state index in [2.05, 4.69) is 37.4 Å². The second kappa shape index (κ2) is 9.63. The normalized spacial score (nSPS) is 14.8. The number of ether oxygens (including phenoxy) is 1. The molecule has 0 unspecified atom stereocenters. The Labute approximate surface area is 177 Å². The number of nitrogens with one attached hydrogen (secondary N) is 2. The Morgan fingerprint density at radius 2 is 1.83 bits per heavy atom. The molecule has 0 saturated carbocycles. The predicted molar refractivity (Wildman–Crippen MR) is 119 cm³/mol. The number of hydrogen-bond donors (Lipinski definition) is 2. The van der Waals surface area contributed by atoms with Crippen molar-refractivity contribution in [2.45, 2.75) is 12.8 Å². The lowest BCUT2D eigenvalue weighted by molar-refractivity contribution is 0.0949. The minimum Gasteiger partial charge on any atom is -0.497 e. The first-order chi connectivity index (χ1) is 14.7. The molecule has 2 aromatic carbocycles. The van der Waals surface area contributed by atoms with Gasteiger partial charge in [0.05, 0.1) is 12.6 Å². The number of carbonyl (C=O) groups excluding carboxylic acids is 1.